The summed E-state index contributed by atoms with van der Waals surface area (Å²) in [6.07, 6.45) is 3.65. The van der Waals surface area contributed by atoms with Gasteiger partial charge in [0.2, 0.25) is 0 Å². The molecule has 0 radical (unpaired) electrons. The van der Waals surface area contributed by atoms with Gasteiger partial charge in [0.1, 0.15) is 5.75 Å². The SMILES string of the molecule is c1ccc2c(c1)CCCC21CNc2ccccc2OC1. The highest BCUT2D eigenvalue weighted by Gasteiger charge is 2.38. The Labute approximate surface area is 119 Å². The van der Waals surface area contributed by atoms with Crippen LogP contribution in [0, 0.1) is 0 Å². The van der Waals surface area contributed by atoms with E-state index in [0.29, 0.717) is 0 Å². The van der Waals surface area contributed by atoms with Gasteiger partial charge in [-0.25, -0.2) is 0 Å². The average molecular weight is 265 g/mol. The van der Waals surface area contributed by atoms with Crippen LogP contribution in [0.3, 0.4) is 0 Å². The quantitative estimate of drug-likeness (QED) is 0.783. The molecule has 2 heteroatoms. The van der Waals surface area contributed by atoms with Gasteiger partial charge in [-0.15, -0.1) is 0 Å². The number of rotatable bonds is 0. The van der Waals surface area contributed by atoms with E-state index in [1.165, 1.54) is 30.4 Å². The van der Waals surface area contributed by atoms with Gasteiger partial charge in [0.25, 0.3) is 0 Å². The van der Waals surface area contributed by atoms with Crippen LogP contribution in [0.15, 0.2) is 48.5 Å². The Morgan fingerprint density at radius 2 is 1.85 bits per heavy atom. The molecule has 0 aromatic heterocycles. The summed E-state index contributed by atoms with van der Waals surface area (Å²) in [5, 5.41) is 3.60. The summed E-state index contributed by atoms with van der Waals surface area (Å²) >= 11 is 0. The molecular weight excluding hydrogens is 246 g/mol. The maximum atomic E-state index is 6.14. The molecule has 0 fully saturated rings. The Kier molecular flexibility index (Phi) is 2.69. The van der Waals surface area contributed by atoms with Crippen LogP contribution in [0.25, 0.3) is 0 Å². The maximum Gasteiger partial charge on any atom is 0.142 e. The second-order valence-electron chi connectivity index (χ2n) is 5.93. The van der Waals surface area contributed by atoms with E-state index >= 15 is 0 Å². The van der Waals surface area contributed by atoms with E-state index in [4.69, 9.17) is 4.74 Å². The van der Waals surface area contributed by atoms with Crippen molar-refractivity contribution in [2.75, 3.05) is 18.5 Å². The van der Waals surface area contributed by atoms with Gasteiger partial charge in [0.15, 0.2) is 0 Å². The first-order valence-corrected chi connectivity index (χ1v) is 7.42. The monoisotopic (exact) mass is 265 g/mol. The van der Waals surface area contributed by atoms with Crippen molar-refractivity contribution >= 4 is 5.69 Å². The summed E-state index contributed by atoms with van der Waals surface area (Å²) in [5.74, 6) is 0.979. The topological polar surface area (TPSA) is 21.3 Å². The molecule has 102 valence electrons. The molecule has 2 aromatic carbocycles. The summed E-state index contributed by atoms with van der Waals surface area (Å²) in [6.45, 7) is 1.73. The van der Waals surface area contributed by atoms with E-state index in [0.717, 1.165) is 24.6 Å². The van der Waals surface area contributed by atoms with E-state index in [2.05, 4.69) is 47.8 Å². The number of para-hydroxylation sites is 2. The van der Waals surface area contributed by atoms with Crippen molar-refractivity contribution < 1.29 is 4.74 Å². The van der Waals surface area contributed by atoms with E-state index in [1.807, 2.05) is 6.07 Å². The summed E-state index contributed by atoms with van der Waals surface area (Å²) in [7, 11) is 0. The van der Waals surface area contributed by atoms with E-state index in [9.17, 15) is 0 Å². The smallest absolute Gasteiger partial charge is 0.142 e. The van der Waals surface area contributed by atoms with Crippen molar-refractivity contribution in [3.8, 4) is 5.75 Å². The van der Waals surface area contributed by atoms with Crippen LogP contribution >= 0.6 is 0 Å². The van der Waals surface area contributed by atoms with Crippen LogP contribution in [0.4, 0.5) is 5.69 Å². The molecule has 0 saturated carbocycles. The van der Waals surface area contributed by atoms with Gasteiger partial charge in [-0.1, -0.05) is 36.4 Å². The van der Waals surface area contributed by atoms with Crippen LogP contribution in [-0.4, -0.2) is 13.2 Å². The molecule has 1 aliphatic carbocycles. The number of fused-ring (bicyclic) bond motifs is 3. The molecule has 1 aliphatic heterocycles. The van der Waals surface area contributed by atoms with E-state index < -0.39 is 0 Å². The molecule has 20 heavy (non-hydrogen) atoms. The first-order valence-electron chi connectivity index (χ1n) is 7.42. The highest BCUT2D eigenvalue weighted by molar-refractivity contribution is 5.58. The fourth-order valence-corrected chi connectivity index (χ4v) is 3.61. The third-order valence-corrected chi connectivity index (χ3v) is 4.70. The number of hydrogen-bond donors (Lipinski definition) is 1. The molecule has 1 unspecified atom stereocenters. The number of nitrogens with one attached hydrogen (secondary N) is 1. The molecule has 0 saturated heterocycles. The van der Waals surface area contributed by atoms with Crippen molar-refractivity contribution in [1.82, 2.24) is 0 Å². The van der Waals surface area contributed by atoms with Crippen molar-refractivity contribution in [3.05, 3.63) is 59.7 Å². The number of benzene rings is 2. The first kappa shape index (κ1) is 11.8. The van der Waals surface area contributed by atoms with Gasteiger partial charge >= 0.3 is 0 Å². The normalized spacial score (nSPS) is 24.0. The number of anilines is 1. The lowest BCUT2D eigenvalue weighted by Gasteiger charge is -2.37. The lowest BCUT2D eigenvalue weighted by atomic mass is 9.70. The highest BCUT2D eigenvalue weighted by Crippen LogP contribution is 2.41. The zero-order valence-corrected chi connectivity index (χ0v) is 11.6. The Balaban J connectivity index is 1.74. The number of ether oxygens (including phenoxy) is 1. The summed E-state index contributed by atoms with van der Waals surface area (Å²) in [4.78, 5) is 0. The Hall–Kier alpha value is -1.96. The lowest BCUT2D eigenvalue weighted by Crippen LogP contribution is -2.41. The zero-order valence-electron chi connectivity index (χ0n) is 11.6. The average Bonchev–Trinajstić information content (AvgIpc) is 2.69. The predicted octanol–water partition coefficient (Wildman–Crippen LogP) is 3.77. The largest absolute Gasteiger partial charge is 0.490 e. The van der Waals surface area contributed by atoms with Crippen molar-refractivity contribution in [3.63, 3.8) is 0 Å². The van der Waals surface area contributed by atoms with Gasteiger partial charge in [-0.2, -0.15) is 0 Å². The van der Waals surface area contributed by atoms with E-state index in [1.54, 1.807) is 0 Å². The van der Waals surface area contributed by atoms with E-state index in [-0.39, 0.29) is 5.41 Å². The molecule has 0 amide bonds. The van der Waals surface area contributed by atoms with Crippen LogP contribution < -0.4 is 10.1 Å². The van der Waals surface area contributed by atoms with Gasteiger partial charge in [0, 0.05) is 12.0 Å². The van der Waals surface area contributed by atoms with Crippen LogP contribution in [0.2, 0.25) is 0 Å². The standard InChI is InChI=1S/C18H19NO/c1-2-8-15-14(6-1)7-5-11-18(15)12-19-16-9-3-4-10-17(16)20-13-18/h1-4,6,8-10,19H,5,7,11-13H2. The Morgan fingerprint density at radius 1 is 1.00 bits per heavy atom. The maximum absolute atomic E-state index is 6.14. The highest BCUT2D eigenvalue weighted by atomic mass is 16.5. The first-order chi connectivity index (χ1) is 9.87. The minimum atomic E-state index is 0.119. The Morgan fingerprint density at radius 3 is 2.85 bits per heavy atom. The molecule has 2 aromatic rings. The second-order valence-corrected chi connectivity index (χ2v) is 5.93. The molecule has 2 nitrogen and oxygen atoms in total. The molecule has 1 atom stereocenters. The summed E-state index contributed by atoms with van der Waals surface area (Å²) in [5.41, 5.74) is 4.21. The number of hydrogen-bond acceptors (Lipinski definition) is 2. The molecule has 1 N–H and O–H groups in total. The van der Waals surface area contributed by atoms with Crippen molar-refractivity contribution in [2.24, 2.45) is 0 Å². The second kappa shape index (κ2) is 4.55. The fraction of sp³-hybridized carbons (Fsp3) is 0.333. The van der Waals surface area contributed by atoms with Crippen LogP contribution in [0.5, 0.6) is 5.75 Å². The molecular formula is C18H19NO. The minimum Gasteiger partial charge on any atom is -0.490 e. The third-order valence-electron chi connectivity index (χ3n) is 4.70. The Bertz CT molecular complexity index is 608. The van der Waals surface area contributed by atoms with Gasteiger partial charge < -0.3 is 10.1 Å². The van der Waals surface area contributed by atoms with Gasteiger partial charge in [-0.3, -0.25) is 0 Å². The predicted molar refractivity (Wildman–Crippen MR) is 81.5 cm³/mol. The lowest BCUT2D eigenvalue weighted by molar-refractivity contribution is 0.210. The van der Waals surface area contributed by atoms with Crippen molar-refractivity contribution in [2.45, 2.75) is 24.7 Å². The van der Waals surface area contributed by atoms with Gasteiger partial charge in [0.05, 0.1) is 12.3 Å². The van der Waals surface area contributed by atoms with Gasteiger partial charge in [-0.05, 0) is 42.5 Å². The third kappa shape index (κ3) is 1.79. The molecule has 1 spiro atoms. The number of aryl methyl sites for hydroxylation is 1. The fourth-order valence-electron chi connectivity index (χ4n) is 3.61. The van der Waals surface area contributed by atoms with Crippen molar-refractivity contribution in [1.29, 1.82) is 0 Å². The molecule has 2 aliphatic rings. The molecule has 0 bridgehead atoms. The minimum absolute atomic E-state index is 0.119. The summed E-state index contributed by atoms with van der Waals surface area (Å²) in [6, 6.07) is 17.1. The van der Waals surface area contributed by atoms with Crippen LogP contribution in [-0.2, 0) is 11.8 Å². The zero-order chi connectivity index (χ0) is 13.4. The summed E-state index contributed by atoms with van der Waals surface area (Å²) < 4.78 is 6.14. The molecule has 1 heterocycles. The van der Waals surface area contributed by atoms with Crippen LogP contribution in [0.1, 0.15) is 24.0 Å². The molecule has 4 rings (SSSR count).